The van der Waals surface area contributed by atoms with Gasteiger partial charge in [-0.05, 0) is 34.5 Å². The fourth-order valence-electron chi connectivity index (χ4n) is 0.923. The second-order valence-corrected chi connectivity index (χ2v) is 3.53. The van der Waals surface area contributed by atoms with Crippen molar-refractivity contribution in [3.05, 3.63) is 22.8 Å². The van der Waals surface area contributed by atoms with E-state index in [9.17, 15) is 4.79 Å². The van der Waals surface area contributed by atoms with E-state index in [0.29, 0.717) is 23.3 Å². The highest BCUT2D eigenvalue weighted by Crippen LogP contribution is 2.10. The van der Waals surface area contributed by atoms with Crippen LogP contribution in [0.2, 0.25) is 0 Å². The quantitative estimate of drug-likeness (QED) is 0.806. The first-order chi connectivity index (χ1) is 6.72. The van der Waals surface area contributed by atoms with Crippen LogP contribution < -0.4 is 5.32 Å². The fraction of sp³-hybridized carbons (Fsp3) is 0.333. The predicted molar refractivity (Wildman–Crippen MR) is 56.9 cm³/mol. The third-order valence-corrected chi connectivity index (χ3v) is 1.99. The van der Waals surface area contributed by atoms with Gasteiger partial charge in [0.15, 0.2) is 0 Å². The third-order valence-electron chi connectivity index (χ3n) is 1.54. The van der Waals surface area contributed by atoms with Crippen LogP contribution in [0.3, 0.4) is 0 Å². The molecular formula is C9H11BrN2O2. The lowest BCUT2D eigenvalue weighted by Crippen LogP contribution is -2.12. The van der Waals surface area contributed by atoms with Crippen molar-refractivity contribution >= 4 is 27.7 Å². The minimum absolute atomic E-state index is 0.0271. The Kier molecular flexibility index (Phi) is 4.55. The highest BCUT2D eigenvalue weighted by Gasteiger charge is 2.02. The molecule has 0 saturated heterocycles. The van der Waals surface area contributed by atoms with Gasteiger partial charge in [0.2, 0.25) is 5.91 Å². The van der Waals surface area contributed by atoms with Crippen LogP contribution in [0.1, 0.15) is 12.8 Å². The Morgan fingerprint density at radius 2 is 2.36 bits per heavy atom. The Balaban J connectivity index is 2.47. The minimum atomic E-state index is -0.135. The number of halogens is 1. The molecule has 0 spiro atoms. The van der Waals surface area contributed by atoms with Crippen molar-refractivity contribution in [3.8, 4) is 0 Å². The molecule has 1 aromatic heterocycles. The molecule has 14 heavy (non-hydrogen) atoms. The maximum Gasteiger partial charge on any atom is 0.225 e. The van der Waals surface area contributed by atoms with Crippen molar-refractivity contribution in [1.29, 1.82) is 0 Å². The van der Waals surface area contributed by atoms with Gasteiger partial charge in [-0.1, -0.05) is 6.07 Å². The van der Waals surface area contributed by atoms with Gasteiger partial charge in [0.25, 0.3) is 0 Å². The standard InChI is InChI=1S/C9H11BrN2O2/c10-7-3-1-4-8(11-7)12-9(14)5-2-6-13/h1,3-4,13H,2,5-6H2,(H,11,12,14). The number of carbonyl (C=O) groups is 1. The van der Waals surface area contributed by atoms with E-state index in [4.69, 9.17) is 5.11 Å². The number of nitrogens with zero attached hydrogens (tertiary/aromatic N) is 1. The third kappa shape index (κ3) is 3.85. The molecule has 0 aliphatic carbocycles. The topological polar surface area (TPSA) is 62.2 Å². The van der Waals surface area contributed by atoms with Crippen molar-refractivity contribution in [2.24, 2.45) is 0 Å². The van der Waals surface area contributed by atoms with Crippen LogP contribution in [-0.2, 0) is 4.79 Å². The van der Waals surface area contributed by atoms with E-state index in [0.717, 1.165) is 0 Å². The van der Waals surface area contributed by atoms with Crippen molar-refractivity contribution in [2.45, 2.75) is 12.8 Å². The van der Waals surface area contributed by atoms with E-state index < -0.39 is 0 Å². The van der Waals surface area contributed by atoms with Gasteiger partial charge in [0.1, 0.15) is 10.4 Å². The normalized spacial score (nSPS) is 9.86. The fourth-order valence-corrected chi connectivity index (χ4v) is 1.27. The van der Waals surface area contributed by atoms with Crippen molar-refractivity contribution in [1.82, 2.24) is 4.98 Å². The first kappa shape index (κ1) is 11.1. The van der Waals surface area contributed by atoms with Gasteiger partial charge >= 0.3 is 0 Å². The predicted octanol–water partition coefficient (Wildman–Crippen LogP) is 1.56. The van der Waals surface area contributed by atoms with E-state index in [1.54, 1.807) is 18.2 Å². The first-order valence-electron chi connectivity index (χ1n) is 4.25. The zero-order valence-corrected chi connectivity index (χ0v) is 9.12. The van der Waals surface area contributed by atoms with Crippen LogP contribution in [0, 0.1) is 0 Å². The lowest BCUT2D eigenvalue weighted by molar-refractivity contribution is -0.116. The molecule has 0 atom stereocenters. The van der Waals surface area contributed by atoms with Crippen LogP contribution in [-0.4, -0.2) is 22.6 Å². The highest BCUT2D eigenvalue weighted by molar-refractivity contribution is 9.10. The molecule has 2 N–H and O–H groups in total. The molecule has 0 aliphatic rings. The summed E-state index contributed by atoms with van der Waals surface area (Å²) in [4.78, 5) is 15.2. The number of pyridine rings is 1. The number of amides is 1. The Morgan fingerprint density at radius 3 is 3.00 bits per heavy atom. The molecule has 0 aliphatic heterocycles. The molecule has 76 valence electrons. The zero-order valence-electron chi connectivity index (χ0n) is 7.53. The van der Waals surface area contributed by atoms with Gasteiger partial charge in [-0.25, -0.2) is 4.98 Å². The summed E-state index contributed by atoms with van der Waals surface area (Å²) < 4.78 is 0.678. The van der Waals surface area contributed by atoms with Crippen molar-refractivity contribution in [3.63, 3.8) is 0 Å². The number of aromatic nitrogens is 1. The zero-order chi connectivity index (χ0) is 10.4. The molecular weight excluding hydrogens is 248 g/mol. The molecule has 1 rings (SSSR count). The van der Waals surface area contributed by atoms with Gasteiger partial charge in [0, 0.05) is 13.0 Å². The van der Waals surface area contributed by atoms with Crippen LogP contribution in [0.15, 0.2) is 22.8 Å². The van der Waals surface area contributed by atoms with E-state index in [1.807, 2.05) is 0 Å². The monoisotopic (exact) mass is 258 g/mol. The van der Waals surface area contributed by atoms with Gasteiger partial charge in [0.05, 0.1) is 0 Å². The number of aliphatic hydroxyl groups is 1. The van der Waals surface area contributed by atoms with Gasteiger partial charge < -0.3 is 10.4 Å². The maximum atomic E-state index is 11.2. The summed E-state index contributed by atoms with van der Waals surface area (Å²) in [5, 5.41) is 11.1. The number of hydrogen-bond donors (Lipinski definition) is 2. The summed E-state index contributed by atoms with van der Waals surface area (Å²) in [6.07, 6.45) is 0.782. The van der Waals surface area contributed by atoms with Gasteiger partial charge in [-0.3, -0.25) is 4.79 Å². The Morgan fingerprint density at radius 1 is 1.57 bits per heavy atom. The molecule has 0 bridgehead atoms. The largest absolute Gasteiger partial charge is 0.396 e. The second kappa shape index (κ2) is 5.72. The van der Waals surface area contributed by atoms with Gasteiger partial charge in [-0.2, -0.15) is 0 Å². The summed E-state index contributed by atoms with van der Waals surface area (Å²) in [5.41, 5.74) is 0. The first-order valence-corrected chi connectivity index (χ1v) is 5.05. The number of carbonyl (C=O) groups excluding carboxylic acids is 1. The Hall–Kier alpha value is -0.940. The number of aliphatic hydroxyl groups excluding tert-OH is 1. The highest BCUT2D eigenvalue weighted by atomic mass is 79.9. The minimum Gasteiger partial charge on any atom is -0.396 e. The van der Waals surface area contributed by atoms with Gasteiger partial charge in [-0.15, -0.1) is 0 Å². The number of nitrogens with one attached hydrogen (secondary N) is 1. The lowest BCUT2D eigenvalue weighted by Gasteiger charge is -2.03. The van der Waals surface area contributed by atoms with E-state index in [2.05, 4.69) is 26.2 Å². The summed E-state index contributed by atoms with van der Waals surface area (Å²) in [6, 6.07) is 5.28. The molecule has 1 amide bonds. The Bertz CT molecular complexity index is 317. The van der Waals surface area contributed by atoms with E-state index in [-0.39, 0.29) is 12.5 Å². The number of hydrogen-bond acceptors (Lipinski definition) is 3. The van der Waals surface area contributed by atoms with Crippen molar-refractivity contribution < 1.29 is 9.90 Å². The number of rotatable bonds is 4. The van der Waals surface area contributed by atoms with E-state index >= 15 is 0 Å². The molecule has 5 heteroatoms. The van der Waals surface area contributed by atoms with Crippen LogP contribution in [0.25, 0.3) is 0 Å². The summed E-state index contributed by atoms with van der Waals surface area (Å²) in [5.74, 6) is 0.381. The summed E-state index contributed by atoms with van der Waals surface area (Å²) in [7, 11) is 0. The molecule has 0 aromatic carbocycles. The summed E-state index contributed by atoms with van der Waals surface area (Å²) in [6.45, 7) is 0.0271. The average Bonchev–Trinajstić information content (AvgIpc) is 2.15. The molecule has 1 heterocycles. The molecule has 0 unspecified atom stereocenters. The maximum absolute atomic E-state index is 11.2. The second-order valence-electron chi connectivity index (χ2n) is 2.72. The van der Waals surface area contributed by atoms with E-state index in [1.165, 1.54) is 0 Å². The van der Waals surface area contributed by atoms with Crippen LogP contribution in [0.5, 0.6) is 0 Å². The molecule has 0 radical (unpaired) electrons. The van der Waals surface area contributed by atoms with Crippen LogP contribution >= 0.6 is 15.9 Å². The average molecular weight is 259 g/mol. The van der Waals surface area contributed by atoms with Crippen LogP contribution in [0.4, 0.5) is 5.82 Å². The lowest BCUT2D eigenvalue weighted by atomic mass is 10.3. The molecule has 4 nitrogen and oxygen atoms in total. The summed E-state index contributed by atoms with van der Waals surface area (Å²) >= 11 is 3.20. The molecule has 0 saturated carbocycles. The molecule has 1 aromatic rings. The SMILES string of the molecule is O=C(CCCO)Nc1cccc(Br)n1. The molecule has 0 fully saturated rings. The smallest absolute Gasteiger partial charge is 0.225 e. The van der Waals surface area contributed by atoms with Crippen molar-refractivity contribution in [2.75, 3.05) is 11.9 Å². The number of anilines is 1. The Labute approximate surface area is 90.5 Å².